The van der Waals surface area contributed by atoms with Crippen molar-refractivity contribution < 1.29 is 5.11 Å². The number of nitrogens with zero attached hydrogens (tertiary/aromatic N) is 1. The molecule has 2 rings (SSSR count). The van der Waals surface area contributed by atoms with Crippen LogP contribution < -0.4 is 0 Å². The Morgan fingerprint density at radius 1 is 1.05 bits per heavy atom. The molecule has 0 saturated heterocycles. The standard InChI is InChI=1S/C18H19NO/c1-3-8-18(14(2)20)19-17-12-7-11-16(13-17)15-9-5-4-6-10-15/h3-14,20H,1-2H3/b8-3-,19-18?. The predicted molar refractivity (Wildman–Crippen MR) is 85.5 cm³/mol. The van der Waals surface area contributed by atoms with Gasteiger partial charge in [-0.2, -0.15) is 0 Å². The second kappa shape index (κ2) is 6.83. The molecular formula is C18H19NO. The third kappa shape index (κ3) is 3.65. The molecule has 0 bridgehead atoms. The lowest BCUT2D eigenvalue weighted by molar-refractivity contribution is 0.263. The zero-order valence-corrected chi connectivity index (χ0v) is 11.8. The lowest BCUT2D eigenvalue weighted by Crippen LogP contribution is -2.13. The molecule has 20 heavy (non-hydrogen) atoms. The van der Waals surface area contributed by atoms with Gasteiger partial charge in [-0.05, 0) is 43.2 Å². The van der Waals surface area contributed by atoms with Crippen LogP contribution in [0.15, 0.2) is 71.7 Å². The van der Waals surface area contributed by atoms with Crippen LogP contribution in [0.3, 0.4) is 0 Å². The summed E-state index contributed by atoms with van der Waals surface area (Å²) in [6, 6.07) is 18.2. The van der Waals surface area contributed by atoms with Crippen LogP contribution >= 0.6 is 0 Å². The first-order chi connectivity index (χ1) is 9.70. The molecule has 2 nitrogen and oxygen atoms in total. The molecule has 0 spiro atoms. The van der Waals surface area contributed by atoms with E-state index in [-0.39, 0.29) is 0 Å². The van der Waals surface area contributed by atoms with Crippen LogP contribution in [-0.2, 0) is 0 Å². The largest absolute Gasteiger partial charge is 0.387 e. The van der Waals surface area contributed by atoms with Crippen molar-refractivity contribution in [3.05, 3.63) is 66.7 Å². The summed E-state index contributed by atoms with van der Waals surface area (Å²) in [6.07, 6.45) is 3.14. The molecule has 2 aromatic rings. The highest BCUT2D eigenvalue weighted by atomic mass is 16.3. The molecule has 0 saturated carbocycles. The van der Waals surface area contributed by atoms with Crippen LogP contribution in [0.25, 0.3) is 11.1 Å². The van der Waals surface area contributed by atoms with E-state index in [4.69, 9.17) is 0 Å². The molecule has 0 amide bonds. The zero-order valence-electron chi connectivity index (χ0n) is 11.8. The van der Waals surface area contributed by atoms with E-state index in [1.54, 1.807) is 6.92 Å². The van der Waals surface area contributed by atoms with Crippen molar-refractivity contribution in [3.63, 3.8) is 0 Å². The number of allylic oxidation sites excluding steroid dienone is 1. The summed E-state index contributed by atoms with van der Waals surface area (Å²) in [7, 11) is 0. The second-order valence-electron chi connectivity index (χ2n) is 4.63. The van der Waals surface area contributed by atoms with Gasteiger partial charge in [-0.3, -0.25) is 4.99 Å². The number of benzene rings is 2. The van der Waals surface area contributed by atoms with Gasteiger partial charge in [0, 0.05) is 0 Å². The minimum absolute atomic E-state index is 0.577. The minimum atomic E-state index is -0.577. The number of aliphatic hydroxyl groups is 1. The van der Waals surface area contributed by atoms with Gasteiger partial charge in [-0.25, -0.2) is 0 Å². The van der Waals surface area contributed by atoms with Crippen LogP contribution in [0.1, 0.15) is 13.8 Å². The SMILES string of the molecule is C/C=C\C(=Nc1cccc(-c2ccccc2)c1)C(C)O. The Morgan fingerprint density at radius 3 is 2.40 bits per heavy atom. The minimum Gasteiger partial charge on any atom is -0.387 e. The molecule has 0 aliphatic heterocycles. The van der Waals surface area contributed by atoms with Crippen molar-refractivity contribution in [2.45, 2.75) is 20.0 Å². The monoisotopic (exact) mass is 265 g/mol. The van der Waals surface area contributed by atoms with E-state index >= 15 is 0 Å². The highest BCUT2D eigenvalue weighted by molar-refractivity contribution is 5.99. The molecule has 2 heteroatoms. The number of aliphatic hydroxyl groups excluding tert-OH is 1. The van der Waals surface area contributed by atoms with Crippen LogP contribution in [0.4, 0.5) is 5.69 Å². The summed E-state index contributed by atoms with van der Waals surface area (Å²) in [5.74, 6) is 0. The first kappa shape index (κ1) is 14.2. The fourth-order valence-corrected chi connectivity index (χ4v) is 1.98. The molecule has 0 aromatic heterocycles. The average Bonchev–Trinajstić information content (AvgIpc) is 2.48. The number of aliphatic imine (C=N–C) groups is 1. The van der Waals surface area contributed by atoms with E-state index in [0.717, 1.165) is 16.8 Å². The second-order valence-corrected chi connectivity index (χ2v) is 4.63. The van der Waals surface area contributed by atoms with Gasteiger partial charge in [0.1, 0.15) is 0 Å². The maximum atomic E-state index is 9.71. The summed E-state index contributed by atoms with van der Waals surface area (Å²) >= 11 is 0. The number of hydrogen-bond donors (Lipinski definition) is 1. The molecule has 0 aliphatic carbocycles. The molecule has 0 heterocycles. The zero-order chi connectivity index (χ0) is 14.4. The summed E-state index contributed by atoms with van der Waals surface area (Å²) < 4.78 is 0. The fraction of sp³-hybridized carbons (Fsp3) is 0.167. The summed E-state index contributed by atoms with van der Waals surface area (Å²) in [4.78, 5) is 4.51. The smallest absolute Gasteiger partial charge is 0.0931 e. The summed E-state index contributed by atoms with van der Waals surface area (Å²) in [5, 5.41) is 9.71. The molecule has 102 valence electrons. The maximum absolute atomic E-state index is 9.71. The van der Waals surface area contributed by atoms with E-state index in [9.17, 15) is 5.11 Å². The first-order valence-corrected chi connectivity index (χ1v) is 6.75. The molecule has 1 N–H and O–H groups in total. The summed E-state index contributed by atoms with van der Waals surface area (Å²) in [6.45, 7) is 3.64. The molecule has 0 radical (unpaired) electrons. The fourth-order valence-electron chi connectivity index (χ4n) is 1.98. The van der Waals surface area contributed by atoms with Gasteiger partial charge in [-0.15, -0.1) is 0 Å². The Morgan fingerprint density at radius 2 is 1.75 bits per heavy atom. The van der Waals surface area contributed by atoms with Crippen molar-refractivity contribution in [1.82, 2.24) is 0 Å². The number of hydrogen-bond acceptors (Lipinski definition) is 2. The molecule has 1 unspecified atom stereocenters. The molecule has 0 aliphatic rings. The van der Waals surface area contributed by atoms with Gasteiger partial charge in [0.2, 0.25) is 0 Å². The van der Waals surface area contributed by atoms with Crippen LogP contribution in [-0.4, -0.2) is 16.9 Å². The Balaban J connectivity index is 2.37. The topological polar surface area (TPSA) is 32.6 Å². The summed E-state index contributed by atoms with van der Waals surface area (Å²) in [5.41, 5.74) is 3.80. The quantitative estimate of drug-likeness (QED) is 0.817. The lowest BCUT2D eigenvalue weighted by Gasteiger charge is -2.06. The third-order valence-electron chi connectivity index (χ3n) is 2.98. The van der Waals surface area contributed by atoms with Gasteiger partial charge < -0.3 is 5.11 Å². The molecule has 0 fully saturated rings. The Labute approximate surface area is 120 Å². The van der Waals surface area contributed by atoms with Crippen LogP contribution in [0, 0.1) is 0 Å². The predicted octanol–water partition coefficient (Wildman–Crippen LogP) is 4.38. The van der Waals surface area contributed by atoms with Gasteiger partial charge >= 0.3 is 0 Å². The van der Waals surface area contributed by atoms with E-state index < -0.39 is 6.10 Å². The van der Waals surface area contributed by atoms with Gasteiger partial charge in [0.15, 0.2) is 0 Å². The van der Waals surface area contributed by atoms with Crippen LogP contribution in [0.2, 0.25) is 0 Å². The van der Waals surface area contributed by atoms with E-state index in [0.29, 0.717) is 5.71 Å². The Bertz CT molecular complexity index is 612. The van der Waals surface area contributed by atoms with Crippen molar-refractivity contribution in [2.24, 2.45) is 4.99 Å². The van der Waals surface area contributed by atoms with E-state index in [2.05, 4.69) is 23.2 Å². The maximum Gasteiger partial charge on any atom is 0.0931 e. The van der Waals surface area contributed by atoms with Crippen molar-refractivity contribution in [3.8, 4) is 11.1 Å². The van der Waals surface area contributed by atoms with Crippen LogP contribution in [0.5, 0.6) is 0 Å². The lowest BCUT2D eigenvalue weighted by atomic mass is 10.1. The van der Waals surface area contributed by atoms with Gasteiger partial charge in [0.05, 0.1) is 17.5 Å². The highest BCUT2D eigenvalue weighted by Gasteiger charge is 2.04. The Hall–Kier alpha value is -2.19. The first-order valence-electron chi connectivity index (χ1n) is 6.75. The normalized spacial score (nSPS) is 13.7. The van der Waals surface area contributed by atoms with Gasteiger partial charge in [0.25, 0.3) is 0 Å². The average molecular weight is 265 g/mol. The van der Waals surface area contributed by atoms with Gasteiger partial charge in [-0.1, -0.05) is 48.5 Å². The van der Waals surface area contributed by atoms with Crippen molar-refractivity contribution in [2.75, 3.05) is 0 Å². The molecular weight excluding hydrogens is 246 g/mol. The van der Waals surface area contributed by atoms with E-state index in [1.165, 1.54) is 0 Å². The molecule has 1 atom stereocenters. The highest BCUT2D eigenvalue weighted by Crippen LogP contribution is 2.24. The molecule has 2 aromatic carbocycles. The van der Waals surface area contributed by atoms with E-state index in [1.807, 2.05) is 55.5 Å². The Kier molecular flexibility index (Phi) is 4.85. The van der Waals surface area contributed by atoms with Crippen molar-refractivity contribution >= 4 is 11.4 Å². The number of rotatable bonds is 4. The van der Waals surface area contributed by atoms with Crippen molar-refractivity contribution in [1.29, 1.82) is 0 Å². The third-order valence-corrected chi connectivity index (χ3v) is 2.98.